The molecular formula is C13H19ClN2O4. The molecule has 0 saturated carbocycles. The lowest BCUT2D eigenvalue weighted by Gasteiger charge is -2.17. The Hall–Kier alpha value is -1.44. The molecule has 0 aliphatic rings. The zero-order valence-electron chi connectivity index (χ0n) is 11.9. The molecule has 0 bridgehead atoms. The fourth-order valence-corrected chi connectivity index (χ4v) is 1.21. The van der Waals surface area contributed by atoms with E-state index in [4.69, 9.17) is 18.6 Å². The molecule has 0 aliphatic heterocycles. The maximum atomic E-state index is 8.49. The van der Waals surface area contributed by atoms with Crippen LogP contribution < -0.4 is 23.5 Å². The lowest BCUT2D eigenvalue weighted by molar-refractivity contribution is -2.00. The Labute approximate surface area is 121 Å². The largest absolute Gasteiger partial charge is 0.378 e. The highest BCUT2D eigenvalue weighted by Crippen LogP contribution is 2.12. The van der Waals surface area contributed by atoms with Crippen LogP contribution in [0.4, 0.5) is 5.69 Å². The number of benzene rings is 1. The molecule has 0 atom stereocenters. The molecule has 0 spiro atoms. The lowest BCUT2D eigenvalue weighted by atomic mass is 10.2. The summed E-state index contributed by atoms with van der Waals surface area (Å²) in [5, 5.41) is 0. The SMILES string of the molecule is CN(C)c1ccc(/C=C/C=[N+](C)C)cc1.[O-][Cl+3]([O-])([O-])[O-]. The molecule has 1 aromatic rings. The van der Waals surface area contributed by atoms with Gasteiger partial charge in [-0.3, -0.25) is 0 Å². The molecule has 1 rings (SSSR count). The first-order valence-corrected chi connectivity index (χ1v) is 6.90. The van der Waals surface area contributed by atoms with Crippen LogP contribution in [0.25, 0.3) is 6.08 Å². The van der Waals surface area contributed by atoms with Crippen LogP contribution in [-0.4, -0.2) is 39.0 Å². The first-order chi connectivity index (χ1) is 9.09. The minimum atomic E-state index is -4.94. The van der Waals surface area contributed by atoms with E-state index in [-0.39, 0.29) is 0 Å². The highest BCUT2D eigenvalue weighted by molar-refractivity contribution is 5.75. The van der Waals surface area contributed by atoms with Crippen LogP contribution >= 0.6 is 0 Å². The molecule has 7 heteroatoms. The predicted molar refractivity (Wildman–Crippen MR) is 68.0 cm³/mol. The molecule has 0 aromatic heterocycles. The summed E-state index contributed by atoms with van der Waals surface area (Å²) in [5.41, 5.74) is 2.45. The van der Waals surface area contributed by atoms with Crippen molar-refractivity contribution in [2.24, 2.45) is 0 Å². The number of halogens is 1. The van der Waals surface area contributed by atoms with Crippen LogP contribution in [0.1, 0.15) is 5.56 Å². The Morgan fingerprint density at radius 1 is 1.00 bits per heavy atom. The summed E-state index contributed by atoms with van der Waals surface area (Å²) in [7, 11) is 3.17. The standard InChI is InChI=1S/C13H19N2.ClHO4/c1-14(2)11-5-6-12-7-9-13(10-8-12)15(3)4;2-1(3,4)5/h5-11H,1-4H3;(H,2,3,4,5)/q+1;/p-1. The second-order valence-electron chi connectivity index (χ2n) is 4.34. The summed E-state index contributed by atoms with van der Waals surface area (Å²) >= 11 is 0. The van der Waals surface area contributed by atoms with Crippen molar-refractivity contribution in [1.29, 1.82) is 0 Å². The number of anilines is 1. The highest BCUT2D eigenvalue weighted by Gasteiger charge is 1.92. The van der Waals surface area contributed by atoms with E-state index in [0.717, 1.165) is 0 Å². The van der Waals surface area contributed by atoms with Gasteiger partial charge in [0.1, 0.15) is 14.1 Å². The van der Waals surface area contributed by atoms with Crippen LogP contribution in [0, 0.1) is 10.2 Å². The average molecular weight is 303 g/mol. The molecule has 0 saturated heterocycles. The van der Waals surface area contributed by atoms with Gasteiger partial charge in [0.15, 0.2) is 6.21 Å². The van der Waals surface area contributed by atoms with Gasteiger partial charge in [-0.1, -0.05) is 12.1 Å². The van der Waals surface area contributed by atoms with Crippen molar-refractivity contribution < 1.29 is 33.5 Å². The molecular weight excluding hydrogens is 284 g/mol. The van der Waals surface area contributed by atoms with Gasteiger partial charge in [0, 0.05) is 25.9 Å². The van der Waals surface area contributed by atoms with Gasteiger partial charge < -0.3 is 4.90 Å². The van der Waals surface area contributed by atoms with E-state index in [1.807, 2.05) is 45.1 Å². The topological polar surface area (TPSA) is 98.5 Å². The third-order valence-electron chi connectivity index (χ3n) is 2.08. The molecule has 112 valence electrons. The zero-order chi connectivity index (χ0) is 15.8. The molecule has 6 nitrogen and oxygen atoms in total. The second kappa shape index (κ2) is 8.68. The normalized spacial score (nSPS) is 10.8. The van der Waals surface area contributed by atoms with Gasteiger partial charge in [0.25, 0.3) is 0 Å². The first-order valence-electron chi connectivity index (χ1n) is 5.66. The maximum Gasteiger partial charge on any atom is 0.162 e. The zero-order valence-corrected chi connectivity index (χ0v) is 12.7. The Morgan fingerprint density at radius 2 is 1.45 bits per heavy atom. The van der Waals surface area contributed by atoms with Crippen LogP contribution in [-0.2, 0) is 0 Å². The van der Waals surface area contributed by atoms with Crippen molar-refractivity contribution in [1.82, 2.24) is 0 Å². The summed E-state index contributed by atoms with van der Waals surface area (Å²) in [4.78, 5) is 2.10. The molecule has 1 aromatic carbocycles. The number of hydrogen-bond donors (Lipinski definition) is 0. The van der Waals surface area contributed by atoms with Crippen molar-refractivity contribution >= 4 is 18.0 Å². The van der Waals surface area contributed by atoms with Gasteiger partial charge in [0.2, 0.25) is 0 Å². The predicted octanol–water partition coefficient (Wildman–Crippen LogP) is -2.65. The van der Waals surface area contributed by atoms with Gasteiger partial charge in [-0.2, -0.15) is 0 Å². The molecule has 0 fully saturated rings. The Balaban J connectivity index is 0.000000621. The molecule has 0 N–H and O–H groups in total. The Bertz CT molecular complexity index is 440. The van der Waals surface area contributed by atoms with Crippen LogP contribution in [0.5, 0.6) is 0 Å². The van der Waals surface area contributed by atoms with Gasteiger partial charge in [-0.25, -0.2) is 23.2 Å². The van der Waals surface area contributed by atoms with E-state index >= 15 is 0 Å². The molecule has 20 heavy (non-hydrogen) atoms. The van der Waals surface area contributed by atoms with Crippen LogP contribution in [0.3, 0.4) is 0 Å². The summed E-state index contributed by atoms with van der Waals surface area (Å²) < 4.78 is 36.0. The van der Waals surface area contributed by atoms with E-state index in [1.165, 1.54) is 11.3 Å². The number of allylic oxidation sites excluding steroid dienone is 1. The summed E-state index contributed by atoms with van der Waals surface area (Å²) in [6.07, 6.45) is 6.17. The van der Waals surface area contributed by atoms with Gasteiger partial charge >= 0.3 is 0 Å². The number of rotatable bonds is 3. The lowest BCUT2D eigenvalue weighted by Crippen LogP contribution is -2.68. The third-order valence-corrected chi connectivity index (χ3v) is 2.08. The summed E-state index contributed by atoms with van der Waals surface area (Å²) in [5.74, 6) is 0. The van der Waals surface area contributed by atoms with Crippen molar-refractivity contribution in [3.8, 4) is 0 Å². The first kappa shape index (κ1) is 18.6. The summed E-state index contributed by atoms with van der Waals surface area (Å²) in [6, 6.07) is 8.48. The van der Waals surface area contributed by atoms with E-state index in [1.54, 1.807) is 0 Å². The molecule has 0 heterocycles. The van der Waals surface area contributed by atoms with E-state index < -0.39 is 10.2 Å². The van der Waals surface area contributed by atoms with Crippen molar-refractivity contribution in [2.45, 2.75) is 0 Å². The van der Waals surface area contributed by atoms with E-state index in [0.29, 0.717) is 0 Å². The minimum Gasteiger partial charge on any atom is -0.378 e. The van der Waals surface area contributed by atoms with E-state index in [2.05, 4.69) is 35.2 Å². The fourth-order valence-electron chi connectivity index (χ4n) is 1.21. The molecule has 0 unspecified atom stereocenters. The number of hydrogen-bond acceptors (Lipinski definition) is 5. The smallest absolute Gasteiger partial charge is 0.162 e. The monoisotopic (exact) mass is 302 g/mol. The molecule has 0 aliphatic carbocycles. The third kappa shape index (κ3) is 11.6. The highest BCUT2D eigenvalue weighted by atomic mass is 35.7. The quantitative estimate of drug-likeness (QED) is 0.449. The van der Waals surface area contributed by atoms with Crippen LogP contribution in [0.15, 0.2) is 30.3 Å². The number of nitrogens with zero attached hydrogens (tertiary/aromatic N) is 2. The minimum absolute atomic E-state index is 1.22. The van der Waals surface area contributed by atoms with Gasteiger partial charge in [-0.05, 0) is 23.8 Å². The second-order valence-corrected chi connectivity index (χ2v) is 5.09. The van der Waals surface area contributed by atoms with Gasteiger partial charge in [0.05, 0.1) is 0 Å². The maximum absolute atomic E-state index is 8.49. The summed E-state index contributed by atoms with van der Waals surface area (Å²) in [6.45, 7) is 0. The fraction of sp³-hybridized carbons (Fsp3) is 0.308. The Morgan fingerprint density at radius 3 is 1.80 bits per heavy atom. The molecule has 0 amide bonds. The van der Waals surface area contributed by atoms with Crippen molar-refractivity contribution in [3.05, 3.63) is 35.9 Å². The molecule has 0 radical (unpaired) electrons. The van der Waals surface area contributed by atoms with Crippen LogP contribution in [0.2, 0.25) is 0 Å². The average Bonchev–Trinajstić information content (AvgIpc) is 2.27. The Kier molecular flexibility index (Phi) is 8.05. The van der Waals surface area contributed by atoms with Crippen molar-refractivity contribution in [2.75, 3.05) is 33.1 Å². The van der Waals surface area contributed by atoms with Crippen molar-refractivity contribution in [3.63, 3.8) is 0 Å². The van der Waals surface area contributed by atoms with Gasteiger partial charge in [-0.15, -0.1) is 10.2 Å². The van der Waals surface area contributed by atoms with E-state index in [9.17, 15) is 0 Å².